The highest BCUT2D eigenvalue weighted by atomic mass is 79.9. The van der Waals surface area contributed by atoms with Gasteiger partial charge in [-0.25, -0.2) is 0 Å². The van der Waals surface area contributed by atoms with Crippen molar-refractivity contribution in [3.8, 4) is 0 Å². The van der Waals surface area contributed by atoms with E-state index in [1.54, 1.807) is 0 Å². The molecule has 1 saturated heterocycles. The first-order valence-corrected chi connectivity index (χ1v) is 9.17. The predicted octanol–water partition coefficient (Wildman–Crippen LogP) is 3.58. The molecular weight excluding hydrogens is 466 g/mol. The number of nitrogens with zero attached hydrogens (tertiary/aromatic N) is 1. The number of benzene rings is 1. The molecule has 0 spiro atoms. The van der Waals surface area contributed by atoms with E-state index in [0.717, 1.165) is 38.6 Å². The molecule has 2 atom stereocenters. The molecule has 7 heteroatoms. The second-order valence-electron chi connectivity index (χ2n) is 5.46. The third kappa shape index (κ3) is 4.76. The molecule has 2 rings (SSSR count). The monoisotopic (exact) mass is 481 g/mol. The zero-order valence-electron chi connectivity index (χ0n) is 11.7. The molecule has 1 aliphatic heterocycles. The summed E-state index contributed by atoms with van der Waals surface area (Å²) in [6.45, 7) is 4.23. The fraction of sp³-hybridized carbons (Fsp3) is 0.500. The fourth-order valence-corrected chi connectivity index (χ4v) is 4.81. The number of likely N-dealkylation sites (tertiary alicyclic amines) is 1. The molecular formula is C14H18Br3N3O. The molecule has 0 radical (unpaired) electrons. The number of halogens is 3. The van der Waals surface area contributed by atoms with Gasteiger partial charge in [-0.15, -0.1) is 0 Å². The van der Waals surface area contributed by atoms with Crippen molar-refractivity contribution >= 4 is 59.4 Å². The third-order valence-electron chi connectivity index (χ3n) is 3.74. The number of amides is 1. The number of nitrogens with two attached hydrogens (primary N) is 1. The quantitative estimate of drug-likeness (QED) is 0.691. The molecule has 0 bridgehead atoms. The highest BCUT2D eigenvalue weighted by molar-refractivity contribution is 9.11. The summed E-state index contributed by atoms with van der Waals surface area (Å²) < 4.78 is 2.61. The van der Waals surface area contributed by atoms with Crippen LogP contribution in [0.3, 0.4) is 0 Å². The van der Waals surface area contributed by atoms with Crippen LogP contribution in [-0.4, -0.2) is 36.5 Å². The second-order valence-corrected chi connectivity index (χ2v) is 8.08. The maximum atomic E-state index is 12.2. The van der Waals surface area contributed by atoms with Crippen LogP contribution in [0, 0.1) is 5.92 Å². The van der Waals surface area contributed by atoms with Crippen molar-refractivity contribution in [2.24, 2.45) is 11.7 Å². The molecule has 0 aromatic heterocycles. The average molecular weight is 484 g/mol. The van der Waals surface area contributed by atoms with E-state index in [-0.39, 0.29) is 11.9 Å². The largest absolute Gasteiger partial charge is 0.326 e. The summed E-state index contributed by atoms with van der Waals surface area (Å²) in [5, 5.41) is 2.94. The lowest BCUT2D eigenvalue weighted by atomic mass is 9.94. The first-order chi connectivity index (χ1) is 9.86. The molecule has 21 heavy (non-hydrogen) atoms. The van der Waals surface area contributed by atoms with Crippen molar-refractivity contribution in [3.05, 3.63) is 25.6 Å². The first kappa shape index (κ1) is 17.4. The van der Waals surface area contributed by atoms with Crippen LogP contribution >= 0.6 is 47.8 Å². The third-order valence-corrected chi connectivity index (χ3v) is 5.45. The van der Waals surface area contributed by atoms with Crippen LogP contribution in [0.5, 0.6) is 0 Å². The summed E-state index contributed by atoms with van der Waals surface area (Å²) in [5.74, 6) is 0.500. The zero-order valence-corrected chi connectivity index (χ0v) is 16.5. The SMILES string of the molecule is CC1CCN(CC(=O)Nc2c(Br)cc(Br)cc2Br)CC1N. The van der Waals surface area contributed by atoms with Gasteiger partial charge in [-0.3, -0.25) is 9.69 Å². The van der Waals surface area contributed by atoms with E-state index in [2.05, 4.69) is 64.9 Å². The lowest BCUT2D eigenvalue weighted by Crippen LogP contribution is -2.49. The van der Waals surface area contributed by atoms with E-state index < -0.39 is 0 Å². The van der Waals surface area contributed by atoms with Gasteiger partial charge in [-0.1, -0.05) is 22.9 Å². The molecule has 3 N–H and O–H groups in total. The number of hydrogen-bond acceptors (Lipinski definition) is 3. The van der Waals surface area contributed by atoms with Crippen molar-refractivity contribution < 1.29 is 4.79 Å². The average Bonchev–Trinajstić information content (AvgIpc) is 2.38. The zero-order chi connectivity index (χ0) is 15.6. The summed E-state index contributed by atoms with van der Waals surface area (Å²) in [7, 11) is 0. The van der Waals surface area contributed by atoms with Gasteiger partial charge in [0.1, 0.15) is 0 Å². The molecule has 116 valence electrons. The Morgan fingerprint density at radius 3 is 2.57 bits per heavy atom. The Kier molecular flexibility index (Phi) is 6.25. The molecule has 1 amide bonds. The van der Waals surface area contributed by atoms with Gasteiger partial charge in [-0.2, -0.15) is 0 Å². The number of anilines is 1. The molecule has 4 nitrogen and oxygen atoms in total. The fourth-order valence-electron chi connectivity index (χ4n) is 2.36. The van der Waals surface area contributed by atoms with Crippen molar-refractivity contribution in [1.82, 2.24) is 4.90 Å². The van der Waals surface area contributed by atoms with Gasteiger partial charge < -0.3 is 11.1 Å². The number of piperidine rings is 1. The van der Waals surface area contributed by atoms with Gasteiger partial charge in [0, 0.05) is 26.0 Å². The Hall–Kier alpha value is 0.0500. The Bertz CT molecular complexity index is 515. The van der Waals surface area contributed by atoms with Crippen LogP contribution in [0.1, 0.15) is 13.3 Å². The molecule has 2 unspecified atom stereocenters. The van der Waals surface area contributed by atoms with Crippen LogP contribution in [0.2, 0.25) is 0 Å². The summed E-state index contributed by atoms with van der Waals surface area (Å²) in [6.07, 6.45) is 1.04. The number of rotatable bonds is 3. The van der Waals surface area contributed by atoms with E-state index >= 15 is 0 Å². The van der Waals surface area contributed by atoms with Gasteiger partial charge in [-0.05, 0) is 62.9 Å². The highest BCUT2D eigenvalue weighted by Crippen LogP contribution is 2.34. The van der Waals surface area contributed by atoms with Crippen molar-refractivity contribution in [2.75, 3.05) is 25.0 Å². The van der Waals surface area contributed by atoms with E-state index in [1.165, 1.54) is 0 Å². The van der Waals surface area contributed by atoms with Crippen molar-refractivity contribution in [3.63, 3.8) is 0 Å². The number of hydrogen-bond donors (Lipinski definition) is 2. The lowest BCUT2D eigenvalue weighted by molar-refractivity contribution is -0.117. The van der Waals surface area contributed by atoms with Gasteiger partial charge in [0.15, 0.2) is 0 Å². The Balaban J connectivity index is 1.96. The van der Waals surface area contributed by atoms with Gasteiger partial charge >= 0.3 is 0 Å². The van der Waals surface area contributed by atoms with Crippen molar-refractivity contribution in [2.45, 2.75) is 19.4 Å². The smallest absolute Gasteiger partial charge is 0.238 e. The minimum atomic E-state index is -0.0273. The van der Waals surface area contributed by atoms with Crippen LogP contribution in [0.4, 0.5) is 5.69 Å². The number of nitrogens with one attached hydrogen (secondary N) is 1. The molecule has 0 saturated carbocycles. The summed E-state index contributed by atoms with van der Waals surface area (Å²) in [4.78, 5) is 14.3. The van der Waals surface area contributed by atoms with E-state index in [1.807, 2.05) is 12.1 Å². The standard InChI is InChI=1S/C14H18Br3N3O/c1-8-2-3-20(6-12(8)18)7-13(21)19-14-10(16)4-9(15)5-11(14)17/h4-5,8,12H,2-3,6-7,18H2,1H3,(H,19,21). The molecule has 1 aliphatic rings. The van der Waals surface area contributed by atoms with Gasteiger partial charge in [0.2, 0.25) is 5.91 Å². The molecule has 1 fully saturated rings. The van der Waals surface area contributed by atoms with E-state index in [9.17, 15) is 4.79 Å². The Morgan fingerprint density at radius 1 is 1.38 bits per heavy atom. The normalized spacial score (nSPS) is 23.1. The van der Waals surface area contributed by atoms with E-state index in [4.69, 9.17) is 5.73 Å². The maximum absolute atomic E-state index is 12.2. The Labute approximate surface area is 150 Å². The Morgan fingerprint density at radius 2 is 2.00 bits per heavy atom. The van der Waals surface area contributed by atoms with Gasteiger partial charge in [0.25, 0.3) is 0 Å². The van der Waals surface area contributed by atoms with Crippen LogP contribution in [-0.2, 0) is 4.79 Å². The molecule has 1 aromatic carbocycles. The molecule has 0 aliphatic carbocycles. The molecule has 1 aromatic rings. The number of carbonyl (C=O) groups is 1. The first-order valence-electron chi connectivity index (χ1n) is 6.79. The maximum Gasteiger partial charge on any atom is 0.238 e. The van der Waals surface area contributed by atoms with Gasteiger partial charge in [0.05, 0.1) is 12.2 Å². The number of carbonyl (C=O) groups excluding carboxylic acids is 1. The molecule has 1 heterocycles. The highest BCUT2D eigenvalue weighted by Gasteiger charge is 2.24. The lowest BCUT2D eigenvalue weighted by Gasteiger charge is -2.34. The van der Waals surface area contributed by atoms with Crippen LogP contribution in [0.15, 0.2) is 25.6 Å². The van der Waals surface area contributed by atoms with Crippen LogP contribution in [0.25, 0.3) is 0 Å². The minimum Gasteiger partial charge on any atom is -0.326 e. The summed E-state index contributed by atoms with van der Waals surface area (Å²) >= 11 is 10.3. The van der Waals surface area contributed by atoms with Crippen LogP contribution < -0.4 is 11.1 Å². The minimum absolute atomic E-state index is 0.0273. The second kappa shape index (κ2) is 7.55. The predicted molar refractivity (Wildman–Crippen MR) is 96.4 cm³/mol. The van der Waals surface area contributed by atoms with Crippen molar-refractivity contribution in [1.29, 1.82) is 0 Å². The van der Waals surface area contributed by atoms with E-state index in [0.29, 0.717) is 12.5 Å². The topological polar surface area (TPSA) is 58.4 Å². The summed E-state index contributed by atoms with van der Waals surface area (Å²) in [5.41, 5.74) is 6.82. The summed E-state index contributed by atoms with van der Waals surface area (Å²) in [6, 6.07) is 3.95.